The fourth-order valence-corrected chi connectivity index (χ4v) is 2.45. The lowest BCUT2D eigenvalue weighted by atomic mass is 10.3. The largest absolute Gasteiger partial charge is 0.323 e. The Hall–Kier alpha value is -3.36. The molecule has 0 unspecified atom stereocenters. The molecule has 2 N–H and O–H groups in total. The van der Waals surface area contributed by atoms with Crippen LogP contribution in [0, 0.1) is 32.4 Å². The van der Waals surface area contributed by atoms with E-state index in [0.717, 1.165) is 29.3 Å². The van der Waals surface area contributed by atoms with Gasteiger partial charge in [0.05, 0.1) is 29.5 Å². The smallest absolute Gasteiger partial charge is 0.305 e. The number of aryl methyl sites for hydroxylation is 2. The van der Waals surface area contributed by atoms with E-state index in [1.54, 1.807) is 4.57 Å². The van der Waals surface area contributed by atoms with E-state index in [9.17, 15) is 13.6 Å². The van der Waals surface area contributed by atoms with Crippen molar-refractivity contribution < 1.29 is 13.6 Å². The van der Waals surface area contributed by atoms with Gasteiger partial charge in [0.1, 0.15) is 17.5 Å². The van der Waals surface area contributed by atoms with E-state index in [-0.39, 0.29) is 5.69 Å². The minimum Gasteiger partial charge on any atom is -0.305 e. The molecule has 0 spiro atoms. The van der Waals surface area contributed by atoms with Gasteiger partial charge in [0.25, 0.3) is 0 Å². The quantitative estimate of drug-likeness (QED) is 0.750. The number of amides is 2. The van der Waals surface area contributed by atoms with Crippen LogP contribution < -0.4 is 10.6 Å². The highest BCUT2D eigenvalue weighted by molar-refractivity contribution is 5.99. The third kappa shape index (κ3) is 3.51. The van der Waals surface area contributed by atoms with Crippen molar-refractivity contribution in [3.8, 4) is 5.95 Å². The first-order valence-corrected chi connectivity index (χ1v) is 7.73. The van der Waals surface area contributed by atoms with Crippen LogP contribution in [-0.2, 0) is 0 Å². The van der Waals surface area contributed by atoms with E-state index in [0.29, 0.717) is 17.7 Å². The summed E-state index contributed by atoms with van der Waals surface area (Å²) >= 11 is 0. The van der Waals surface area contributed by atoms with Crippen LogP contribution in [0.4, 0.5) is 25.0 Å². The van der Waals surface area contributed by atoms with Crippen molar-refractivity contribution >= 4 is 17.4 Å². The summed E-state index contributed by atoms with van der Waals surface area (Å²) in [6, 6.07) is 2.17. The van der Waals surface area contributed by atoms with Crippen LogP contribution in [-0.4, -0.2) is 25.6 Å². The molecule has 7 nitrogen and oxygen atoms in total. The number of halogens is 2. The predicted molar refractivity (Wildman–Crippen MR) is 92.4 cm³/mol. The molecule has 134 valence electrons. The lowest BCUT2D eigenvalue weighted by Gasteiger charge is -2.09. The monoisotopic (exact) mass is 358 g/mol. The number of nitrogens with one attached hydrogen (secondary N) is 2. The molecule has 2 aromatic heterocycles. The standard InChI is InChI=1S/C17H16F2N6O/c1-9-10(2)25(11(3)22-9)16-20-7-13(8-21-16)23-17(26)24-15-5-4-12(18)6-14(15)19/h4-8H,1-3H3,(H2,23,24,26). The number of rotatable bonds is 3. The van der Waals surface area contributed by atoms with Gasteiger partial charge < -0.3 is 10.6 Å². The number of carbonyl (C=O) groups is 1. The van der Waals surface area contributed by atoms with E-state index in [1.807, 2.05) is 20.8 Å². The summed E-state index contributed by atoms with van der Waals surface area (Å²) in [7, 11) is 0. The van der Waals surface area contributed by atoms with Gasteiger partial charge in [-0.3, -0.25) is 4.57 Å². The molecule has 0 aliphatic heterocycles. The predicted octanol–water partition coefficient (Wildman–Crippen LogP) is 3.51. The molecule has 3 aromatic rings. The molecule has 1 aromatic carbocycles. The van der Waals surface area contributed by atoms with Gasteiger partial charge in [-0.05, 0) is 32.9 Å². The fourth-order valence-electron chi connectivity index (χ4n) is 2.45. The van der Waals surface area contributed by atoms with Crippen molar-refractivity contribution in [1.29, 1.82) is 0 Å². The normalized spacial score (nSPS) is 10.7. The third-order valence-corrected chi connectivity index (χ3v) is 3.79. The molecule has 26 heavy (non-hydrogen) atoms. The highest BCUT2D eigenvalue weighted by Gasteiger charge is 2.12. The lowest BCUT2D eigenvalue weighted by Crippen LogP contribution is -2.20. The average Bonchev–Trinajstić information content (AvgIpc) is 2.84. The number of hydrogen-bond acceptors (Lipinski definition) is 4. The van der Waals surface area contributed by atoms with Crippen LogP contribution in [0.2, 0.25) is 0 Å². The van der Waals surface area contributed by atoms with Crippen LogP contribution in [0.25, 0.3) is 5.95 Å². The van der Waals surface area contributed by atoms with E-state index >= 15 is 0 Å². The Balaban J connectivity index is 1.72. The second-order valence-corrected chi connectivity index (χ2v) is 5.64. The van der Waals surface area contributed by atoms with Gasteiger partial charge in [-0.2, -0.15) is 0 Å². The Bertz CT molecular complexity index is 968. The van der Waals surface area contributed by atoms with E-state index in [4.69, 9.17) is 0 Å². The molecule has 0 atom stereocenters. The summed E-state index contributed by atoms with van der Waals surface area (Å²) in [6.45, 7) is 5.66. The summed E-state index contributed by atoms with van der Waals surface area (Å²) in [4.78, 5) is 24.7. The number of imidazole rings is 1. The van der Waals surface area contributed by atoms with Crippen LogP contribution in [0.3, 0.4) is 0 Å². The molecule has 2 amide bonds. The zero-order chi connectivity index (χ0) is 18.8. The van der Waals surface area contributed by atoms with E-state index in [1.165, 1.54) is 12.4 Å². The number of urea groups is 1. The number of aromatic nitrogens is 4. The maximum Gasteiger partial charge on any atom is 0.323 e. The van der Waals surface area contributed by atoms with Crippen LogP contribution in [0.15, 0.2) is 30.6 Å². The Morgan fingerprint density at radius 3 is 2.35 bits per heavy atom. The Kier molecular flexibility index (Phi) is 4.61. The minimum absolute atomic E-state index is 0.137. The van der Waals surface area contributed by atoms with Crippen molar-refractivity contribution in [2.75, 3.05) is 10.6 Å². The van der Waals surface area contributed by atoms with Crippen molar-refractivity contribution in [2.45, 2.75) is 20.8 Å². The molecule has 0 radical (unpaired) electrons. The van der Waals surface area contributed by atoms with Crippen LogP contribution >= 0.6 is 0 Å². The average molecular weight is 358 g/mol. The number of benzene rings is 1. The second-order valence-electron chi connectivity index (χ2n) is 5.64. The highest BCUT2D eigenvalue weighted by Crippen LogP contribution is 2.17. The third-order valence-electron chi connectivity index (χ3n) is 3.79. The van der Waals surface area contributed by atoms with Gasteiger partial charge in [-0.1, -0.05) is 0 Å². The molecule has 0 saturated carbocycles. The summed E-state index contributed by atoms with van der Waals surface area (Å²) in [5.74, 6) is -0.410. The summed E-state index contributed by atoms with van der Waals surface area (Å²) in [5.41, 5.74) is 1.99. The van der Waals surface area contributed by atoms with Gasteiger partial charge in [0.15, 0.2) is 0 Å². The summed E-state index contributed by atoms with van der Waals surface area (Å²) in [6.07, 6.45) is 2.86. The Morgan fingerprint density at radius 2 is 1.77 bits per heavy atom. The maximum atomic E-state index is 13.6. The highest BCUT2D eigenvalue weighted by atomic mass is 19.1. The lowest BCUT2D eigenvalue weighted by molar-refractivity contribution is 0.262. The molecule has 9 heteroatoms. The van der Waals surface area contributed by atoms with Gasteiger partial charge >= 0.3 is 6.03 Å². The molecule has 0 bridgehead atoms. The van der Waals surface area contributed by atoms with Crippen LogP contribution in [0.1, 0.15) is 17.2 Å². The minimum atomic E-state index is -0.867. The number of hydrogen-bond donors (Lipinski definition) is 2. The SMILES string of the molecule is Cc1nc(C)n(-c2ncc(NC(=O)Nc3ccc(F)cc3F)cn2)c1C. The number of anilines is 2. The number of carbonyl (C=O) groups excluding carboxylic acids is 1. The van der Waals surface area contributed by atoms with Crippen molar-refractivity contribution in [3.63, 3.8) is 0 Å². The first-order valence-electron chi connectivity index (χ1n) is 7.73. The zero-order valence-corrected chi connectivity index (χ0v) is 14.3. The fraction of sp³-hybridized carbons (Fsp3) is 0.176. The zero-order valence-electron chi connectivity index (χ0n) is 14.3. The maximum absolute atomic E-state index is 13.6. The van der Waals surface area contributed by atoms with Gasteiger partial charge in [0.2, 0.25) is 5.95 Å². The summed E-state index contributed by atoms with van der Waals surface area (Å²) < 4.78 is 28.2. The molecule has 0 fully saturated rings. The van der Waals surface area contributed by atoms with Crippen LogP contribution in [0.5, 0.6) is 0 Å². The molecular formula is C17H16F2N6O. The molecule has 0 saturated heterocycles. The van der Waals surface area contributed by atoms with Gasteiger partial charge in [0, 0.05) is 11.8 Å². The topological polar surface area (TPSA) is 84.7 Å². The summed E-state index contributed by atoms with van der Waals surface area (Å²) in [5, 5.41) is 4.78. The molecule has 0 aliphatic rings. The van der Waals surface area contributed by atoms with E-state index < -0.39 is 17.7 Å². The second kappa shape index (κ2) is 6.87. The van der Waals surface area contributed by atoms with Gasteiger partial charge in [-0.25, -0.2) is 28.5 Å². The first-order chi connectivity index (χ1) is 12.3. The first kappa shape index (κ1) is 17.5. The van der Waals surface area contributed by atoms with Crippen molar-refractivity contribution in [1.82, 2.24) is 19.5 Å². The molecule has 2 heterocycles. The molecule has 0 aliphatic carbocycles. The number of nitrogens with zero attached hydrogens (tertiary/aromatic N) is 4. The van der Waals surface area contributed by atoms with E-state index in [2.05, 4.69) is 25.6 Å². The molecule has 3 rings (SSSR count). The Morgan fingerprint density at radius 1 is 1.08 bits per heavy atom. The van der Waals surface area contributed by atoms with Crippen molar-refractivity contribution in [2.24, 2.45) is 0 Å². The van der Waals surface area contributed by atoms with Gasteiger partial charge in [-0.15, -0.1) is 0 Å². The Labute approximate surface area is 148 Å². The molecular weight excluding hydrogens is 342 g/mol. The van der Waals surface area contributed by atoms with Crippen molar-refractivity contribution in [3.05, 3.63) is 59.4 Å².